The van der Waals surface area contributed by atoms with Crippen molar-refractivity contribution in [2.75, 3.05) is 13.2 Å². The fourth-order valence-electron chi connectivity index (χ4n) is 7.41. The highest BCUT2D eigenvalue weighted by atomic mass is 16.5. The van der Waals surface area contributed by atoms with E-state index in [1.54, 1.807) is 6.07 Å². The summed E-state index contributed by atoms with van der Waals surface area (Å²) in [6, 6.07) is 21.1. The normalized spacial score (nSPS) is 23.8. The molecule has 228 valence electrons. The first-order valence-corrected chi connectivity index (χ1v) is 15.9. The highest BCUT2D eigenvalue weighted by molar-refractivity contribution is 6.43. The number of allylic oxidation sites excluding steroid dienone is 1. The number of para-hydroxylation sites is 1. The van der Waals surface area contributed by atoms with Crippen LogP contribution in [-0.2, 0) is 14.2 Å². The molecule has 0 spiro atoms. The Hall–Kier alpha value is -3.88. The third-order valence-corrected chi connectivity index (χ3v) is 9.48. The van der Waals surface area contributed by atoms with Crippen molar-refractivity contribution in [3.05, 3.63) is 89.0 Å². The lowest BCUT2D eigenvalue weighted by Gasteiger charge is -2.43. The van der Waals surface area contributed by atoms with Gasteiger partial charge in [0.25, 0.3) is 0 Å². The summed E-state index contributed by atoms with van der Waals surface area (Å²) in [6.45, 7) is 4.82. The summed E-state index contributed by atoms with van der Waals surface area (Å²) < 4.78 is 12.4. The van der Waals surface area contributed by atoms with Crippen molar-refractivity contribution in [2.45, 2.75) is 58.4 Å². The lowest BCUT2D eigenvalue weighted by atomic mass is 9.58. The number of carbonyl (C=O) groups is 2. The van der Waals surface area contributed by atoms with Gasteiger partial charge < -0.3 is 19.5 Å². The monoisotopic (exact) mass is 593 g/mol. The minimum Gasteiger partial charge on any atom is -0.507 e. The van der Waals surface area contributed by atoms with Crippen molar-refractivity contribution in [3.63, 3.8) is 0 Å². The molecule has 7 nitrogen and oxygen atoms in total. The Morgan fingerprint density at radius 1 is 1.00 bits per heavy atom. The van der Waals surface area contributed by atoms with E-state index in [4.69, 9.17) is 9.39 Å². The molecule has 3 aromatic carbocycles. The van der Waals surface area contributed by atoms with Gasteiger partial charge in [-0.3, -0.25) is 14.5 Å². The van der Waals surface area contributed by atoms with Gasteiger partial charge in [0.05, 0.1) is 17.9 Å². The molecular formula is C36H40BNO6. The highest BCUT2D eigenvalue weighted by Crippen LogP contribution is 2.50. The summed E-state index contributed by atoms with van der Waals surface area (Å²) in [5.41, 5.74) is 4.29. The third kappa shape index (κ3) is 5.81. The fourth-order valence-corrected chi connectivity index (χ4v) is 7.41. The molecule has 4 atom stereocenters. The van der Waals surface area contributed by atoms with Crippen LogP contribution in [0.25, 0.3) is 16.8 Å². The Morgan fingerprint density at radius 2 is 1.75 bits per heavy atom. The molecule has 0 bridgehead atoms. The number of amides is 2. The quantitative estimate of drug-likeness (QED) is 0.160. The van der Waals surface area contributed by atoms with E-state index in [0.29, 0.717) is 32.4 Å². The van der Waals surface area contributed by atoms with Crippen molar-refractivity contribution in [1.82, 2.24) is 4.90 Å². The molecule has 0 radical (unpaired) electrons. The lowest BCUT2D eigenvalue weighted by molar-refractivity contribution is -0.140. The molecule has 2 fully saturated rings. The molecule has 1 aliphatic carbocycles. The lowest BCUT2D eigenvalue weighted by Crippen LogP contribution is -2.46. The van der Waals surface area contributed by atoms with Crippen LogP contribution in [0.15, 0.2) is 83.4 Å². The second kappa shape index (κ2) is 13.0. The summed E-state index contributed by atoms with van der Waals surface area (Å²) in [7, 11) is -1.01. The van der Waals surface area contributed by atoms with Crippen LogP contribution >= 0.6 is 0 Å². The maximum absolute atomic E-state index is 13.6. The molecule has 2 heterocycles. The molecule has 44 heavy (non-hydrogen) atoms. The summed E-state index contributed by atoms with van der Waals surface area (Å²) in [5.74, 6) is -0.401. The Kier molecular flexibility index (Phi) is 8.92. The number of imide groups is 1. The van der Waals surface area contributed by atoms with Gasteiger partial charge in [0, 0.05) is 11.9 Å². The van der Waals surface area contributed by atoms with Crippen molar-refractivity contribution in [2.24, 2.45) is 17.8 Å². The topological polar surface area (TPSA) is 96.3 Å². The third-order valence-electron chi connectivity index (χ3n) is 9.48. The Bertz CT molecular complexity index is 1600. The zero-order valence-electron chi connectivity index (χ0n) is 25.4. The van der Waals surface area contributed by atoms with Gasteiger partial charge >= 0.3 is 7.12 Å². The number of benzene rings is 3. The largest absolute Gasteiger partial charge is 0.507 e. The summed E-state index contributed by atoms with van der Waals surface area (Å²) in [5, 5.41) is 23.1. The van der Waals surface area contributed by atoms with Crippen LogP contribution < -0.4 is 4.74 Å². The molecule has 3 aliphatic rings. The molecule has 2 aliphatic heterocycles. The van der Waals surface area contributed by atoms with E-state index in [-0.39, 0.29) is 29.8 Å². The molecule has 6 rings (SSSR count). The number of phenolic OH excluding ortho intramolecular Hbond substituents is 1. The molecular weight excluding hydrogens is 553 g/mol. The van der Waals surface area contributed by atoms with E-state index in [1.165, 1.54) is 10.5 Å². The minimum absolute atomic E-state index is 0.104. The summed E-state index contributed by atoms with van der Waals surface area (Å²) >= 11 is 0. The first kappa shape index (κ1) is 30.2. The smallest absolute Gasteiger partial charge is 0.455 e. The minimum atomic E-state index is -1.01. The van der Waals surface area contributed by atoms with E-state index >= 15 is 0 Å². The number of fused-ring (bicyclic) bond motifs is 4. The van der Waals surface area contributed by atoms with E-state index in [2.05, 4.69) is 13.0 Å². The first-order valence-electron chi connectivity index (χ1n) is 15.9. The number of nitrogens with zero attached hydrogens (tertiary/aromatic N) is 1. The Balaban J connectivity index is 1.32. The first-order chi connectivity index (χ1) is 21.4. The van der Waals surface area contributed by atoms with Crippen molar-refractivity contribution in [3.8, 4) is 11.5 Å². The van der Waals surface area contributed by atoms with Crippen molar-refractivity contribution in [1.29, 1.82) is 0 Å². The molecule has 2 N–H and O–H groups in total. The number of hydrogen-bond donors (Lipinski definition) is 2. The predicted octanol–water partition coefficient (Wildman–Crippen LogP) is 6.41. The van der Waals surface area contributed by atoms with E-state index in [0.717, 1.165) is 46.1 Å². The zero-order valence-corrected chi connectivity index (χ0v) is 25.4. The van der Waals surface area contributed by atoms with E-state index < -0.39 is 25.1 Å². The second-order valence-corrected chi connectivity index (χ2v) is 12.2. The van der Waals surface area contributed by atoms with Gasteiger partial charge in [-0.25, -0.2) is 0 Å². The number of phenols is 1. The SMILES string of the molecule is CCCN1C(=O)[C@@H]2[C@@H](CC(COc3ccccc3)=C3[C@@H](CC/C(=C/c4ccc(O)c5ccccc45)CC)OB(O)C[C@@H]32)C1=O. The second-order valence-electron chi connectivity index (χ2n) is 12.2. The van der Waals surface area contributed by atoms with Crippen LogP contribution in [0.1, 0.15) is 51.5 Å². The fraction of sp³-hybridized carbons (Fsp3) is 0.389. The van der Waals surface area contributed by atoms with Gasteiger partial charge in [-0.15, -0.1) is 0 Å². The average molecular weight is 594 g/mol. The maximum atomic E-state index is 13.6. The number of hydrogen-bond acceptors (Lipinski definition) is 6. The van der Waals surface area contributed by atoms with Crippen LogP contribution in [-0.4, -0.2) is 53.2 Å². The Morgan fingerprint density at radius 3 is 2.50 bits per heavy atom. The van der Waals surface area contributed by atoms with Crippen LogP contribution in [0.2, 0.25) is 6.32 Å². The van der Waals surface area contributed by atoms with Crippen molar-refractivity contribution >= 4 is 35.8 Å². The standard InChI is InChI=1S/C36H40BNO6/c1-3-18-38-35(40)29-20-25(22-43-26-10-6-5-7-11-26)33-30(34(29)36(38)41)21-37(42)44-32(33)17-14-23(4-2)19-24-15-16-31(39)28-13-9-8-12-27(24)28/h5-13,15-16,19,29-30,32,34,39,42H,3-4,14,17-18,20-22H2,1-2H3/b23-19+/t29-,30+,32-,34-/m1/s1. The van der Waals surface area contributed by atoms with E-state index in [9.17, 15) is 19.7 Å². The summed E-state index contributed by atoms with van der Waals surface area (Å²) in [6.07, 6.45) is 5.44. The number of aromatic hydroxyl groups is 1. The van der Waals surface area contributed by atoms with Crippen LogP contribution in [0.4, 0.5) is 0 Å². The molecule has 0 unspecified atom stereocenters. The summed E-state index contributed by atoms with van der Waals surface area (Å²) in [4.78, 5) is 28.5. The Labute approximate surface area is 259 Å². The number of carbonyl (C=O) groups excluding carboxylic acids is 2. The molecule has 0 aromatic heterocycles. The van der Waals surface area contributed by atoms with Gasteiger partial charge in [0.1, 0.15) is 18.1 Å². The molecule has 3 aromatic rings. The average Bonchev–Trinajstić information content (AvgIpc) is 3.28. The van der Waals surface area contributed by atoms with Gasteiger partial charge in [-0.1, -0.05) is 74.0 Å². The number of ether oxygens (including phenoxy) is 1. The van der Waals surface area contributed by atoms with Crippen LogP contribution in [0, 0.1) is 17.8 Å². The number of likely N-dealkylation sites (tertiary alicyclic amines) is 1. The van der Waals surface area contributed by atoms with Gasteiger partial charge in [0.15, 0.2) is 0 Å². The van der Waals surface area contributed by atoms with Crippen LogP contribution in [0.5, 0.6) is 11.5 Å². The zero-order chi connectivity index (χ0) is 30.8. The van der Waals surface area contributed by atoms with Crippen molar-refractivity contribution < 1.29 is 29.1 Å². The molecule has 2 saturated heterocycles. The molecule has 2 amide bonds. The van der Waals surface area contributed by atoms with Crippen LogP contribution in [0.3, 0.4) is 0 Å². The molecule has 0 saturated carbocycles. The van der Waals surface area contributed by atoms with E-state index in [1.807, 2.05) is 67.6 Å². The van der Waals surface area contributed by atoms with Gasteiger partial charge in [-0.05, 0) is 84.6 Å². The highest BCUT2D eigenvalue weighted by Gasteiger charge is 2.57. The van der Waals surface area contributed by atoms with Gasteiger partial charge in [0.2, 0.25) is 11.8 Å². The maximum Gasteiger partial charge on any atom is 0.455 e. The predicted molar refractivity (Wildman–Crippen MR) is 172 cm³/mol. The van der Waals surface area contributed by atoms with Gasteiger partial charge in [-0.2, -0.15) is 0 Å². The molecule has 8 heteroatoms. The number of rotatable bonds is 10.